The fourth-order valence-corrected chi connectivity index (χ4v) is 4.08. The number of nitriles is 1. The minimum atomic E-state index is -0.0423. The average molecular weight is 417 g/mol. The van der Waals surface area contributed by atoms with Crippen LogP contribution in [0.25, 0.3) is 6.08 Å². The molecule has 2 aromatic carbocycles. The lowest BCUT2D eigenvalue weighted by Gasteiger charge is -2.36. The zero-order chi connectivity index (χ0) is 21.5. The number of carbonyl (C=O) groups is 1. The number of hydrogen-bond donors (Lipinski definition) is 1. The summed E-state index contributed by atoms with van der Waals surface area (Å²) in [6.07, 6.45) is 3.92. The van der Waals surface area contributed by atoms with Gasteiger partial charge in [-0.05, 0) is 43.7 Å². The average Bonchev–Trinajstić information content (AvgIpc) is 2.83. The minimum Gasteiger partial charge on any atom is -0.488 e. The standard InChI is InChI=1S/C25H28N4O2/c26-18-21-8-1-3-9-23(21)29-15-13-28(14-16-29)12-6-5-11-27-25(30)22-17-20-7-2-4-10-24(20)31-19-22/h1-4,7-10,17H,5-6,11-16,19H2,(H,27,30). The van der Waals surface area contributed by atoms with Gasteiger partial charge >= 0.3 is 0 Å². The van der Waals surface area contributed by atoms with E-state index in [9.17, 15) is 10.1 Å². The molecule has 160 valence electrons. The summed E-state index contributed by atoms with van der Waals surface area (Å²) in [5, 5.41) is 12.3. The zero-order valence-corrected chi connectivity index (χ0v) is 17.7. The number of nitrogens with zero attached hydrogens (tertiary/aromatic N) is 3. The largest absolute Gasteiger partial charge is 0.488 e. The summed E-state index contributed by atoms with van der Waals surface area (Å²) in [6.45, 7) is 5.89. The number of unbranched alkanes of at least 4 members (excludes halogenated alkanes) is 1. The summed E-state index contributed by atoms with van der Waals surface area (Å²) in [5.41, 5.74) is 3.41. The number of amides is 1. The number of nitrogens with one attached hydrogen (secondary N) is 1. The van der Waals surface area contributed by atoms with Gasteiger partial charge in [-0.15, -0.1) is 0 Å². The van der Waals surface area contributed by atoms with Gasteiger partial charge in [0.2, 0.25) is 0 Å². The first-order valence-corrected chi connectivity index (χ1v) is 10.9. The van der Waals surface area contributed by atoms with E-state index < -0.39 is 0 Å². The van der Waals surface area contributed by atoms with E-state index in [4.69, 9.17) is 4.74 Å². The molecule has 1 fully saturated rings. The Morgan fingerprint density at radius 1 is 1.03 bits per heavy atom. The first kappa shape index (κ1) is 21.0. The lowest BCUT2D eigenvalue weighted by atomic mass is 10.1. The van der Waals surface area contributed by atoms with E-state index in [-0.39, 0.29) is 5.91 Å². The number of ether oxygens (including phenoxy) is 1. The zero-order valence-electron chi connectivity index (χ0n) is 17.7. The second-order valence-electron chi connectivity index (χ2n) is 7.92. The van der Waals surface area contributed by atoms with Gasteiger partial charge in [0.25, 0.3) is 5.91 Å². The van der Waals surface area contributed by atoms with Crippen molar-refractivity contribution in [1.29, 1.82) is 5.26 Å². The Morgan fingerprint density at radius 3 is 2.65 bits per heavy atom. The van der Waals surface area contributed by atoms with E-state index in [1.807, 2.05) is 54.6 Å². The van der Waals surface area contributed by atoms with Gasteiger partial charge in [-0.25, -0.2) is 0 Å². The molecule has 1 saturated heterocycles. The highest BCUT2D eigenvalue weighted by Gasteiger charge is 2.19. The van der Waals surface area contributed by atoms with Crippen molar-refractivity contribution in [3.05, 3.63) is 65.2 Å². The van der Waals surface area contributed by atoms with Crippen LogP contribution < -0.4 is 15.0 Å². The quantitative estimate of drug-likeness (QED) is 0.703. The molecule has 1 amide bonds. The van der Waals surface area contributed by atoms with Crippen LogP contribution in [0, 0.1) is 11.3 Å². The number of para-hydroxylation sites is 2. The van der Waals surface area contributed by atoms with Crippen LogP contribution in [0.3, 0.4) is 0 Å². The maximum atomic E-state index is 12.4. The molecule has 0 saturated carbocycles. The third kappa shape index (κ3) is 5.25. The second-order valence-corrected chi connectivity index (χ2v) is 7.92. The molecular formula is C25H28N4O2. The van der Waals surface area contributed by atoms with Gasteiger partial charge in [-0.1, -0.05) is 30.3 Å². The van der Waals surface area contributed by atoms with Crippen LogP contribution in [-0.2, 0) is 4.79 Å². The number of hydrogen-bond acceptors (Lipinski definition) is 5. The topological polar surface area (TPSA) is 68.6 Å². The van der Waals surface area contributed by atoms with E-state index >= 15 is 0 Å². The molecule has 2 aliphatic heterocycles. The molecule has 0 unspecified atom stereocenters. The first-order chi connectivity index (χ1) is 15.2. The van der Waals surface area contributed by atoms with E-state index in [1.165, 1.54) is 0 Å². The van der Waals surface area contributed by atoms with E-state index in [0.29, 0.717) is 18.7 Å². The number of piperazine rings is 1. The Morgan fingerprint density at radius 2 is 1.81 bits per heavy atom. The fraction of sp³-hybridized carbons (Fsp3) is 0.360. The van der Waals surface area contributed by atoms with Crippen molar-refractivity contribution in [1.82, 2.24) is 10.2 Å². The molecule has 0 aliphatic carbocycles. The molecule has 0 radical (unpaired) electrons. The molecule has 2 heterocycles. The highest BCUT2D eigenvalue weighted by molar-refractivity contribution is 5.99. The maximum absolute atomic E-state index is 12.4. The molecule has 2 aromatic rings. The molecule has 0 aromatic heterocycles. The van der Waals surface area contributed by atoms with Crippen molar-refractivity contribution < 1.29 is 9.53 Å². The number of benzene rings is 2. The number of rotatable bonds is 7. The van der Waals surface area contributed by atoms with Gasteiger partial charge in [0, 0.05) is 38.3 Å². The van der Waals surface area contributed by atoms with Crippen molar-refractivity contribution in [2.75, 3.05) is 50.8 Å². The summed E-state index contributed by atoms with van der Waals surface area (Å²) in [6, 6.07) is 17.9. The summed E-state index contributed by atoms with van der Waals surface area (Å²) >= 11 is 0. The van der Waals surface area contributed by atoms with Crippen molar-refractivity contribution in [2.24, 2.45) is 0 Å². The Labute approximate surface area is 183 Å². The highest BCUT2D eigenvalue weighted by atomic mass is 16.5. The maximum Gasteiger partial charge on any atom is 0.250 e. The van der Waals surface area contributed by atoms with Gasteiger partial charge in [0.05, 0.1) is 16.8 Å². The predicted octanol–water partition coefficient (Wildman–Crippen LogP) is 3.05. The Bertz CT molecular complexity index is 987. The number of fused-ring (bicyclic) bond motifs is 1. The fourth-order valence-electron chi connectivity index (χ4n) is 4.08. The molecule has 0 atom stereocenters. The van der Waals surface area contributed by atoms with Gasteiger partial charge in [-0.2, -0.15) is 5.26 Å². The molecule has 31 heavy (non-hydrogen) atoms. The SMILES string of the molecule is N#Cc1ccccc1N1CCN(CCCCNC(=O)C2=Cc3ccccc3OC2)CC1. The molecule has 4 rings (SSSR count). The number of anilines is 1. The van der Waals surface area contributed by atoms with Gasteiger partial charge in [0.15, 0.2) is 0 Å². The van der Waals surface area contributed by atoms with Crippen LogP contribution in [0.15, 0.2) is 54.1 Å². The van der Waals surface area contributed by atoms with Crippen LogP contribution in [0.1, 0.15) is 24.0 Å². The molecule has 1 N–H and O–H groups in total. The van der Waals surface area contributed by atoms with Crippen LogP contribution in [0.5, 0.6) is 5.75 Å². The highest BCUT2D eigenvalue weighted by Crippen LogP contribution is 2.25. The smallest absolute Gasteiger partial charge is 0.250 e. The van der Waals surface area contributed by atoms with Crippen LogP contribution >= 0.6 is 0 Å². The van der Waals surface area contributed by atoms with Gasteiger partial charge in [-0.3, -0.25) is 9.69 Å². The summed E-state index contributed by atoms with van der Waals surface area (Å²) in [7, 11) is 0. The lowest BCUT2D eigenvalue weighted by molar-refractivity contribution is -0.117. The van der Waals surface area contributed by atoms with Gasteiger partial charge < -0.3 is 15.0 Å². The molecule has 6 heteroatoms. The Balaban J connectivity index is 1.14. The molecular weight excluding hydrogens is 388 g/mol. The first-order valence-electron chi connectivity index (χ1n) is 10.9. The molecule has 2 aliphatic rings. The Kier molecular flexibility index (Phi) is 6.85. The van der Waals surface area contributed by atoms with Crippen LogP contribution in [0.4, 0.5) is 5.69 Å². The third-order valence-electron chi connectivity index (χ3n) is 5.85. The third-order valence-corrected chi connectivity index (χ3v) is 5.85. The summed E-state index contributed by atoms with van der Waals surface area (Å²) in [5.74, 6) is 0.787. The van der Waals surface area contributed by atoms with Gasteiger partial charge in [0.1, 0.15) is 18.4 Å². The predicted molar refractivity (Wildman–Crippen MR) is 122 cm³/mol. The van der Waals surface area contributed by atoms with Crippen molar-refractivity contribution in [3.63, 3.8) is 0 Å². The van der Waals surface area contributed by atoms with Crippen LogP contribution in [0.2, 0.25) is 0 Å². The molecule has 6 nitrogen and oxygen atoms in total. The van der Waals surface area contributed by atoms with Crippen LogP contribution in [-0.4, -0.2) is 56.7 Å². The van der Waals surface area contributed by atoms with E-state index in [0.717, 1.165) is 68.1 Å². The van der Waals surface area contributed by atoms with Crippen molar-refractivity contribution >= 4 is 17.7 Å². The number of carbonyl (C=O) groups excluding carboxylic acids is 1. The monoisotopic (exact) mass is 416 g/mol. The van der Waals surface area contributed by atoms with E-state index in [2.05, 4.69) is 21.2 Å². The minimum absolute atomic E-state index is 0.0423. The van der Waals surface area contributed by atoms with Crippen molar-refractivity contribution in [3.8, 4) is 11.8 Å². The Hall–Kier alpha value is -3.30. The second kappa shape index (κ2) is 10.1. The van der Waals surface area contributed by atoms with Crippen molar-refractivity contribution in [2.45, 2.75) is 12.8 Å². The summed E-state index contributed by atoms with van der Waals surface area (Å²) < 4.78 is 5.66. The van der Waals surface area contributed by atoms with E-state index in [1.54, 1.807) is 0 Å². The summed E-state index contributed by atoms with van der Waals surface area (Å²) in [4.78, 5) is 17.2. The lowest BCUT2D eigenvalue weighted by Crippen LogP contribution is -2.47. The normalized spacial score (nSPS) is 16.0. The molecule has 0 spiro atoms. The molecule has 0 bridgehead atoms.